The van der Waals surface area contributed by atoms with Gasteiger partial charge in [0.15, 0.2) is 0 Å². The number of aryl methyl sites for hydroxylation is 1. The number of carbonyl (C=O) groups is 2. The number of benzene rings is 3. The van der Waals surface area contributed by atoms with Gasteiger partial charge in [0, 0.05) is 0 Å². The van der Waals surface area contributed by atoms with E-state index in [0.29, 0.717) is 5.71 Å². The second-order valence-electron chi connectivity index (χ2n) is 8.11. The lowest BCUT2D eigenvalue weighted by Gasteiger charge is -2.29. The summed E-state index contributed by atoms with van der Waals surface area (Å²) in [5.41, 5.74) is 4.06. The SMILES string of the molecule is Cc1cccc(C2=NN(c3ccccc3)[C@H](C(=O)N3CCOC3=O)[C@@H]2c2ccc(F)cc2)c1. The Morgan fingerprint density at radius 1 is 1.03 bits per heavy atom. The molecule has 0 aliphatic carbocycles. The number of halogens is 1. The van der Waals surface area contributed by atoms with E-state index in [2.05, 4.69) is 0 Å². The number of hydrogen-bond acceptors (Lipinski definition) is 5. The zero-order chi connectivity index (χ0) is 22.9. The van der Waals surface area contributed by atoms with Crippen LogP contribution in [-0.2, 0) is 9.53 Å². The topological polar surface area (TPSA) is 62.2 Å². The Labute approximate surface area is 190 Å². The maximum Gasteiger partial charge on any atom is 0.416 e. The minimum Gasteiger partial charge on any atom is -0.447 e. The van der Waals surface area contributed by atoms with Gasteiger partial charge >= 0.3 is 6.09 Å². The molecule has 3 aromatic rings. The zero-order valence-electron chi connectivity index (χ0n) is 18.0. The molecule has 2 amide bonds. The predicted molar refractivity (Wildman–Crippen MR) is 123 cm³/mol. The molecule has 2 atom stereocenters. The van der Waals surface area contributed by atoms with Gasteiger partial charge in [0.05, 0.1) is 23.9 Å². The standard InChI is InChI=1S/C26H22FN3O3/c1-17-6-5-7-19(16-17)23-22(18-10-12-20(27)13-11-18)24(25(31)29-14-15-33-26(29)32)30(28-23)21-8-3-2-4-9-21/h2-13,16,22,24H,14-15H2,1H3/t22-,24+/m1/s1. The lowest BCUT2D eigenvalue weighted by Crippen LogP contribution is -2.48. The maximum absolute atomic E-state index is 13.8. The average molecular weight is 443 g/mol. The fraction of sp³-hybridized carbons (Fsp3) is 0.192. The normalized spacial score (nSPS) is 20.1. The molecule has 0 saturated carbocycles. The van der Waals surface area contributed by atoms with Gasteiger partial charge in [0.2, 0.25) is 0 Å². The van der Waals surface area contributed by atoms with Crippen molar-refractivity contribution in [2.75, 3.05) is 18.2 Å². The van der Waals surface area contributed by atoms with Gasteiger partial charge in [-0.25, -0.2) is 14.1 Å². The van der Waals surface area contributed by atoms with Crippen LogP contribution in [0.5, 0.6) is 0 Å². The summed E-state index contributed by atoms with van der Waals surface area (Å²) < 4.78 is 18.8. The van der Waals surface area contributed by atoms with Crippen molar-refractivity contribution in [2.24, 2.45) is 5.10 Å². The monoisotopic (exact) mass is 443 g/mol. The quantitative estimate of drug-likeness (QED) is 0.596. The summed E-state index contributed by atoms with van der Waals surface area (Å²) in [6.45, 7) is 2.34. The lowest BCUT2D eigenvalue weighted by molar-refractivity contribution is -0.129. The Hall–Kier alpha value is -4.00. The van der Waals surface area contributed by atoms with Crippen molar-refractivity contribution in [1.29, 1.82) is 0 Å². The third-order valence-electron chi connectivity index (χ3n) is 5.93. The molecule has 166 valence electrons. The van der Waals surface area contributed by atoms with Gasteiger partial charge in [-0.1, -0.05) is 60.2 Å². The first-order valence-electron chi connectivity index (χ1n) is 10.8. The third kappa shape index (κ3) is 3.86. The molecule has 0 bridgehead atoms. The summed E-state index contributed by atoms with van der Waals surface area (Å²) in [7, 11) is 0. The minimum atomic E-state index is -0.834. The highest BCUT2D eigenvalue weighted by atomic mass is 19.1. The first-order chi connectivity index (χ1) is 16.0. The van der Waals surface area contributed by atoms with Crippen molar-refractivity contribution in [2.45, 2.75) is 18.9 Å². The van der Waals surface area contributed by atoms with E-state index in [1.54, 1.807) is 17.1 Å². The van der Waals surface area contributed by atoms with Crippen LogP contribution in [-0.4, -0.2) is 41.8 Å². The van der Waals surface area contributed by atoms with E-state index in [-0.39, 0.29) is 19.0 Å². The minimum absolute atomic E-state index is 0.162. The summed E-state index contributed by atoms with van der Waals surface area (Å²) in [5, 5.41) is 6.57. The number of hydrogen-bond donors (Lipinski definition) is 0. The number of imide groups is 1. The summed E-state index contributed by atoms with van der Waals surface area (Å²) in [6.07, 6.45) is -0.658. The van der Waals surface area contributed by atoms with Gasteiger partial charge < -0.3 is 4.74 Å². The lowest BCUT2D eigenvalue weighted by atomic mass is 9.84. The van der Waals surface area contributed by atoms with E-state index in [1.807, 2.05) is 61.5 Å². The third-order valence-corrected chi connectivity index (χ3v) is 5.93. The molecule has 0 spiro atoms. The number of hydrazone groups is 1. The number of nitrogens with zero attached hydrogens (tertiary/aromatic N) is 3. The molecule has 1 fully saturated rings. The summed E-state index contributed by atoms with van der Waals surface area (Å²) in [4.78, 5) is 27.2. The van der Waals surface area contributed by atoms with E-state index in [1.165, 1.54) is 12.1 Å². The van der Waals surface area contributed by atoms with Crippen LogP contribution in [0.1, 0.15) is 22.6 Å². The number of amides is 2. The van der Waals surface area contributed by atoms with Crippen LogP contribution in [0.15, 0.2) is 84.0 Å². The van der Waals surface area contributed by atoms with Crippen molar-refractivity contribution >= 4 is 23.4 Å². The molecule has 0 radical (unpaired) electrons. The Morgan fingerprint density at radius 2 is 1.79 bits per heavy atom. The second kappa shape index (κ2) is 8.50. The molecular formula is C26H22FN3O3. The van der Waals surface area contributed by atoms with Crippen molar-refractivity contribution in [3.8, 4) is 0 Å². The fourth-order valence-electron chi connectivity index (χ4n) is 4.38. The molecule has 0 unspecified atom stereocenters. The van der Waals surface area contributed by atoms with Crippen LogP contribution in [0.25, 0.3) is 0 Å². The first kappa shape index (κ1) is 20.9. The van der Waals surface area contributed by atoms with Gasteiger partial charge in [-0.3, -0.25) is 9.80 Å². The number of carbonyl (C=O) groups excluding carboxylic acids is 2. The van der Waals surface area contributed by atoms with Crippen molar-refractivity contribution in [3.05, 3.63) is 101 Å². The number of anilines is 1. The molecular weight excluding hydrogens is 421 g/mol. The predicted octanol–water partition coefficient (Wildman–Crippen LogP) is 4.49. The summed E-state index contributed by atoms with van der Waals surface area (Å²) in [6, 6.07) is 22.5. The molecule has 2 aliphatic rings. The van der Waals surface area contributed by atoms with Crippen molar-refractivity contribution in [3.63, 3.8) is 0 Å². The Bertz CT molecular complexity index is 1230. The molecule has 2 aliphatic heterocycles. The Balaban J connectivity index is 1.69. The molecule has 7 heteroatoms. The van der Waals surface area contributed by atoms with Crippen LogP contribution in [0.3, 0.4) is 0 Å². The Morgan fingerprint density at radius 3 is 2.45 bits per heavy atom. The molecule has 1 saturated heterocycles. The van der Waals surface area contributed by atoms with E-state index in [4.69, 9.17) is 9.84 Å². The smallest absolute Gasteiger partial charge is 0.416 e. The molecule has 0 aromatic heterocycles. The number of ether oxygens (including phenoxy) is 1. The number of cyclic esters (lactones) is 1. The first-order valence-corrected chi connectivity index (χ1v) is 10.8. The summed E-state index contributed by atoms with van der Waals surface area (Å²) in [5.74, 6) is -1.28. The molecule has 0 N–H and O–H groups in total. The van der Waals surface area contributed by atoms with E-state index in [0.717, 1.165) is 27.3 Å². The highest BCUT2D eigenvalue weighted by molar-refractivity contribution is 6.13. The van der Waals surface area contributed by atoms with Crippen LogP contribution < -0.4 is 5.01 Å². The second-order valence-corrected chi connectivity index (χ2v) is 8.11. The van der Waals surface area contributed by atoms with Crippen LogP contribution in [0, 0.1) is 12.7 Å². The zero-order valence-corrected chi connectivity index (χ0v) is 18.0. The number of para-hydroxylation sites is 1. The average Bonchev–Trinajstić information content (AvgIpc) is 3.44. The van der Waals surface area contributed by atoms with E-state index in [9.17, 15) is 14.0 Å². The van der Waals surface area contributed by atoms with Gasteiger partial charge in [-0.2, -0.15) is 5.10 Å². The van der Waals surface area contributed by atoms with Gasteiger partial charge in [0.1, 0.15) is 18.5 Å². The van der Waals surface area contributed by atoms with E-state index < -0.39 is 24.0 Å². The number of rotatable bonds is 4. The largest absolute Gasteiger partial charge is 0.447 e. The molecule has 2 heterocycles. The molecule has 6 nitrogen and oxygen atoms in total. The molecule has 5 rings (SSSR count). The van der Waals surface area contributed by atoms with Gasteiger partial charge in [-0.15, -0.1) is 0 Å². The van der Waals surface area contributed by atoms with Crippen LogP contribution >= 0.6 is 0 Å². The van der Waals surface area contributed by atoms with Crippen LogP contribution in [0.4, 0.5) is 14.9 Å². The highest BCUT2D eigenvalue weighted by Crippen LogP contribution is 2.38. The van der Waals surface area contributed by atoms with E-state index >= 15 is 0 Å². The molecule has 33 heavy (non-hydrogen) atoms. The highest BCUT2D eigenvalue weighted by Gasteiger charge is 2.48. The van der Waals surface area contributed by atoms with Crippen molar-refractivity contribution in [1.82, 2.24) is 4.90 Å². The molecule has 3 aromatic carbocycles. The van der Waals surface area contributed by atoms with Crippen LogP contribution in [0.2, 0.25) is 0 Å². The van der Waals surface area contributed by atoms with Gasteiger partial charge in [-0.05, 0) is 42.3 Å². The van der Waals surface area contributed by atoms with Gasteiger partial charge in [0.25, 0.3) is 5.91 Å². The van der Waals surface area contributed by atoms with Crippen molar-refractivity contribution < 1.29 is 18.7 Å². The summed E-state index contributed by atoms with van der Waals surface area (Å²) >= 11 is 0. The maximum atomic E-state index is 13.8. The Kier molecular flexibility index (Phi) is 5.38. The fourth-order valence-corrected chi connectivity index (χ4v) is 4.38.